The molecule has 1 aromatic carbocycles. The second-order valence-corrected chi connectivity index (χ2v) is 5.82. The van der Waals surface area contributed by atoms with E-state index in [-0.39, 0.29) is 0 Å². The van der Waals surface area contributed by atoms with Gasteiger partial charge in [0.2, 0.25) is 0 Å². The molecule has 0 radical (unpaired) electrons. The molecule has 0 unspecified atom stereocenters. The Morgan fingerprint density at radius 3 is 2.30 bits per heavy atom. The van der Waals surface area contributed by atoms with Crippen molar-refractivity contribution < 1.29 is 4.74 Å². The van der Waals surface area contributed by atoms with E-state index in [0.29, 0.717) is 0 Å². The van der Waals surface area contributed by atoms with Gasteiger partial charge in [-0.25, -0.2) is 0 Å². The number of ether oxygens (including phenoxy) is 1. The van der Waals surface area contributed by atoms with Gasteiger partial charge in [0.1, 0.15) is 5.75 Å². The van der Waals surface area contributed by atoms with Crippen LogP contribution >= 0.6 is 11.6 Å². The molecule has 1 aromatic rings. The highest BCUT2D eigenvalue weighted by atomic mass is 35.5. The monoisotopic (exact) mass is 297 g/mol. The smallest absolute Gasteiger partial charge is 0.125 e. The van der Waals surface area contributed by atoms with Crippen molar-refractivity contribution >= 4 is 11.6 Å². The van der Waals surface area contributed by atoms with E-state index >= 15 is 0 Å². The molecule has 0 heterocycles. The third kappa shape index (κ3) is 6.62. The van der Waals surface area contributed by atoms with E-state index in [4.69, 9.17) is 16.3 Å². The summed E-state index contributed by atoms with van der Waals surface area (Å²) in [6.45, 7) is 9.38. The fourth-order valence-corrected chi connectivity index (χ4v) is 2.63. The summed E-state index contributed by atoms with van der Waals surface area (Å²) >= 11 is 6.02. The molecule has 0 aliphatic heterocycles. The molecule has 0 fully saturated rings. The Balaban J connectivity index is 2.13. The third-order valence-corrected chi connectivity index (χ3v) is 3.56. The maximum atomic E-state index is 6.02. The second kappa shape index (κ2) is 10.1. The molecule has 2 nitrogen and oxygen atoms in total. The normalized spacial score (nSPS) is 10.8. The minimum atomic E-state index is 0.784. The quantitative estimate of drug-likeness (QED) is 0.621. The van der Waals surface area contributed by atoms with Crippen molar-refractivity contribution in [2.75, 3.05) is 19.7 Å². The zero-order chi connectivity index (χ0) is 14.8. The Hall–Kier alpha value is -0.730. The predicted molar refractivity (Wildman–Crippen MR) is 88.0 cm³/mol. The van der Waals surface area contributed by atoms with Crippen molar-refractivity contribution in [3.8, 4) is 5.75 Å². The first-order valence-corrected chi connectivity index (χ1v) is 8.13. The molecule has 0 saturated carbocycles. The van der Waals surface area contributed by atoms with Crippen LogP contribution in [0.25, 0.3) is 0 Å². The first-order chi connectivity index (χ1) is 9.65. The maximum Gasteiger partial charge on any atom is 0.125 e. The highest BCUT2D eigenvalue weighted by Crippen LogP contribution is 2.27. The molecule has 0 aromatic heterocycles. The zero-order valence-corrected chi connectivity index (χ0v) is 13.9. The van der Waals surface area contributed by atoms with Gasteiger partial charge in [-0.3, -0.25) is 0 Å². The van der Waals surface area contributed by atoms with Crippen LogP contribution in [-0.2, 0) is 0 Å². The van der Waals surface area contributed by atoms with Gasteiger partial charge in [-0.2, -0.15) is 0 Å². The lowest BCUT2D eigenvalue weighted by Gasteiger charge is -2.12. The molecule has 0 bridgehead atoms. The largest absolute Gasteiger partial charge is 0.493 e. The SMILES string of the molecule is CCCNCCCCCCOc1c(C)cc(Cl)cc1C. The Bertz CT molecular complexity index is 370. The molecule has 1 N–H and O–H groups in total. The Kier molecular flexibility index (Phi) is 8.72. The number of halogens is 1. The molecule has 0 amide bonds. The fourth-order valence-electron chi connectivity index (χ4n) is 2.31. The molecule has 0 spiro atoms. The van der Waals surface area contributed by atoms with Gasteiger partial charge < -0.3 is 10.1 Å². The Morgan fingerprint density at radius 2 is 1.65 bits per heavy atom. The summed E-state index contributed by atoms with van der Waals surface area (Å²) in [5, 5.41) is 4.21. The van der Waals surface area contributed by atoms with Crippen LogP contribution in [0, 0.1) is 13.8 Å². The van der Waals surface area contributed by atoms with E-state index in [1.165, 1.54) is 25.7 Å². The lowest BCUT2D eigenvalue weighted by molar-refractivity contribution is 0.300. The van der Waals surface area contributed by atoms with Crippen molar-refractivity contribution in [1.29, 1.82) is 0 Å². The number of rotatable bonds is 10. The van der Waals surface area contributed by atoms with Gasteiger partial charge in [-0.15, -0.1) is 0 Å². The summed E-state index contributed by atoms with van der Waals surface area (Å²) < 4.78 is 5.89. The van der Waals surface area contributed by atoms with Crippen molar-refractivity contribution in [2.45, 2.75) is 52.9 Å². The summed E-state index contributed by atoms with van der Waals surface area (Å²) in [7, 11) is 0. The van der Waals surface area contributed by atoms with Crippen LogP contribution in [-0.4, -0.2) is 19.7 Å². The van der Waals surface area contributed by atoms with Gasteiger partial charge in [0.05, 0.1) is 6.61 Å². The number of hydrogen-bond donors (Lipinski definition) is 1. The molecule has 0 aliphatic rings. The summed E-state index contributed by atoms with van der Waals surface area (Å²) in [4.78, 5) is 0. The third-order valence-electron chi connectivity index (χ3n) is 3.35. The fraction of sp³-hybridized carbons (Fsp3) is 0.647. The number of aryl methyl sites for hydroxylation is 2. The summed E-state index contributed by atoms with van der Waals surface area (Å²) in [5.41, 5.74) is 2.25. The number of hydrogen-bond acceptors (Lipinski definition) is 2. The van der Waals surface area contributed by atoms with E-state index in [0.717, 1.165) is 48.0 Å². The summed E-state index contributed by atoms with van der Waals surface area (Å²) in [6, 6.07) is 3.92. The molecule has 114 valence electrons. The van der Waals surface area contributed by atoms with E-state index in [1.807, 2.05) is 26.0 Å². The Morgan fingerprint density at radius 1 is 1.00 bits per heavy atom. The van der Waals surface area contributed by atoms with E-state index < -0.39 is 0 Å². The average Bonchev–Trinajstić information content (AvgIpc) is 2.39. The van der Waals surface area contributed by atoms with Crippen LogP contribution in [0.5, 0.6) is 5.75 Å². The van der Waals surface area contributed by atoms with Crippen LogP contribution in [0.15, 0.2) is 12.1 Å². The summed E-state index contributed by atoms with van der Waals surface area (Å²) in [5.74, 6) is 0.999. The highest BCUT2D eigenvalue weighted by molar-refractivity contribution is 6.30. The molecule has 3 heteroatoms. The van der Waals surface area contributed by atoms with Crippen molar-refractivity contribution in [2.24, 2.45) is 0 Å². The van der Waals surface area contributed by atoms with Crippen LogP contribution in [0.3, 0.4) is 0 Å². The van der Waals surface area contributed by atoms with Crippen molar-refractivity contribution in [3.63, 3.8) is 0 Å². The van der Waals surface area contributed by atoms with Crippen molar-refractivity contribution in [3.05, 3.63) is 28.3 Å². The lowest BCUT2D eigenvalue weighted by Crippen LogP contribution is -2.15. The first kappa shape index (κ1) is 17.3. The molecule has 20 heavy (non-hydrogen) atoms. The standard InChI is InChI=1S/C17H28ClNO/c1-4-9-19-10-7-5-6-8-11-20-17-14(2)12-16(18)13-15(17)3/h12-13,19H,4-11H2,1-3H3. The number of nitrogens with one attached hydrogen (secondary N) is 1. The van der Waals surface area contributed by atoms with Crippen LogP contribution < -0.4 is 10.1 Å². The molecule has 0 atom stereocenters. The maximum absolute atomic E-state index is 6.02. The van der Waals surface area contributed by atoms with Crippen LogP contribution in [0.2, 0.25) is 5.02 Å². The predicted octanol–water partition coefficient (Wildman–Crippen LogP) is 4.90. The second-order valence-electron chi connectivity index (χ2n) is 5.38. The molecule has 0 aliphatic carbocycles. The van der Waals surface area contributed by atoms with Gasteiger partial charge in [0, 0.05) is 5.02 Å². The van der Waals surface area contributed by atoms with Crippen LogP contribution in [0.4, 0.5) is 0 Å². The van der Waals surface area contributed by atoms with Gasteiger partial charge in [-0.1, -0.05) is 31.4 Å². The van der Waals surface area contributed by atoms with E-state index in [2.05, 4.69) is 12.2 Å². The zero-order valence-electron chi connectivity index (χ0n) is 13.1. The summed E-state index contributed by atoms with van der Waals surface area (Å²) in [6.07, 6.45) is 6.11. The highest BCUT2D eigenvalue weighted by Gasteiger charge is 2.05. The van der Waals surface area contributed by atoms with E-state index in [1.54, 1.807) is 0 Å². The van der Waals surface area contributed by atoms with Gasteiger partial charge in [0.25, 0.3) is 0 Å². The molecular formula is C17H28ClNO. The lowest BCUT2D eigenvalue weighted by atomic mass is 10.1. The van der Waals surface area contributed by atoms with Gasteiger partial charge in [-0.05, 0) is 69.5 Å². The van der Waals surface area contributed by atoms with Gasteiger partial charge >= 0.3 is 0 Å². The molecular weight excluding hydrogens is 270 g/mol. The minimum absolute atomic E-state index is 0.784. The number of benzene rings is 1. The van der Waals surface area contributed by atoms with Crippen LogP contribution in [0.1, 0.15) is 50.2 Å². The number of unbranched alkanes of at least 4 members (excludes halogenated alkanes) is 3. The average molecular weight is 298 g/mol. The molecule has 1 rings (SSSR count). The minimum Gasteiger partial charge on any atom is -0.493 e. The topological polar surface area (TPSA) is 21.3 Å². The molecule has 0 saturated heterocycles. The first-order valence-electron chi connectivity index (χ1n) is 7.75. The van der Waals surface area contributed by atoms with E-state index in [9.17, 15) is 0 Å². The van der Waals surface area contributed by atoms with Crippen molar-refractivity contribution in [1.82, 2.24) is 5.32 Å². The Labute approximate surface area is 128 Å². The van der Waals surface area contributed by atoms with Gasteiger partial charge in [0.15, 0.2) is 0 Å².